The van der Waals surface area contributed by atoms with E-state index in [2.05, 4.69) is 17.9 Å². The van der Waals surface area contributed by atoms with Crippen molar-refractivity contribution in [3.05, 3.63) is 28.3 Å². The van der Waals surface area contributed by atoms with Crippen LogP contribution in [0.25, 0.3) is 0 Å². The molecule has 1 N–H and O–H groups in total. The first-order valence-corrected chi connectivity index (χ1v) is 7.57. The molecule has 0 unspecified atom stereocenters. The molecule has 0 saturated heterocycles. The van der Waals surface area contributed by atoms with E-state index in [9.17, 15) is 4.79 Å². The molecule has 1 aromatic carbocycles. The Morgan fingerprint density at radius 2 is 1.95 bits per heavy atom. The molecular weight excluding hydrogens is 274 g/mol. The number of nitrogens with zero attached hydrogens (tertiary/aromatic N) is 1. The molecule has 112 valence electrons. The van der Waals surface area contributed by atoms with E-state index < -0.39 is 5.97 Å². The van der Waals surface area contributed by atoms with Crippen molar-refractivity contribution < 1.29 is 9.90 Å². The van der Waals surface area contributed by atoms with Crippen LogP contribution in [0.1, 0.15) is 43.7 Å². The Hall–Kier alpha value is -1.22. The fourth-order valence-electron chi connectivity index (χ4n) is 2.43. The average molecular weight is 298 g/mol. The maximum atomic E-state index is 10.8. The van der Waals surface area contributed by atoms with E-state index >= 15 is 0 Å². The Morgan fingerprint density at radius 1 is 1.25 bits per heavy atom. The molecule has 0 bridgehead atoms. The molecule has 0 amide bonds. The van der Waals surface area contributed by atoms with E-state index in [4.69, 9.17) is 16.7 Å². The highest BCUT2D eigenvalue weighted by Crippen LogP contribution is 2.31. The van der Waals surface area contributed by atoms with E-state index in [1.165, 1.54) is 0 Å². The van der Waals surface area contributed by atoms with Gasteiger partial charge in [0, 0.05) is 13.1 Å². The first-order chi connectivity index (χ1) is 9.45. The average Bonchev–Trinajstić information content (AvgIpc) is 2.34. The van der Waals surface area contributed by atoms with Gasteiger partial charge in [-0.05, 0) is 37.5 Å². The third-order valence-corrected chi connectivity index (χ3v) is 3.63. The molecule has 0 aliphatic heterocycles. The van der Waals surface area contributed by atoms with Crippen molar-refractivity contribution in [3.8, 4) is 0 Å². The van der Waals surface area contributed by atoms with Gasteiger partial charge < -0.3 is 10.0 Å². The van der Waals surface area contributed by atoms with Gasteiger partial charge in [-0.2, -0.15) is 0 Å². The first kappa shape index (κ1) is 16.8. The number of anilines is 1. The van der Waals surface area contributed by atoms with Crippen LogP contribution in [0.2, 0.25) is 5.02 Å². The Labute approximate surface area is 126 Å². The molecule has 3 nitrogen and oxygen atoms in total. The number of aliphatic carboxylic acids is 1. The molecular formula is C16H24ClNO2. The first-order valence-electron chi connectivity index (χ1n) is 7.19. The van der Waals surface area contributed by atoms with Gasteiger partial charge in [-0.25, -0.2) is 0 Å². The van der Waals surface area contributed by atoms with Crippen LogP contribution in [-0.4, -0.2) is 24.2 Å². The quantitative estimate of drug-likeness (QED) is 0.722. The molecule has 20 heavy (non-hydrogen) atoms. The molecule has 0 aliphatic rings. The van der Waals surface area contributed by atoms with Crippen LogP contribution in [-0.2, 0) is 4.79 Å². The molecule has 1 aromatic rings. The number of carbonyl (C=O) groups is 1. The number of unbranched alkanes of at least 4 members (excludes halogenated alkanes) is 2. The second-order valence-electron chi connectivity index (χ2n) is 5.25. The Kier molecular flexibility index (Phi) is 6.86. The summed E-state index contributed by atoms with van der Waals surface area (Å²) < 4.78 is 0. The Balaban J connectivity index is 2.93. The maximum absolute atomic E-state index is 10.8. The van der Waals surface area contributed by atoms with Crippen molar-refractivity contribution in [2.24, 2.45) is 0 Å². The van der Waals surface area contributed by atoms with Gasteiger partial charge in [-0.3, -0.25) is 4.79 Å². The largest absolute Gasteiger partial charge is 0.481 e. The lowest BCUT2D eigenvalue weighted by molar-refractivity contribution is -0.136. The number of carboxylic acid groups (broad SMARTS) is 1. The van der Waals surface area contributed by atoms with Crippen molar-refractivity contribution in [3.63, 3.8) is 0 Å². The third kappa shape index (κ3) is 5.04. The van der Waals surface area contributed by atoms with E-state index in [1.54, 1.807) is 0 Å². The predicted octanol–water partition coefficient (Wildman–Crippen LogP) is 4.43. The Morgan fingerprint density at radius 3 is 2.50 bits per heavy atom. The second-order valence-corrected chi connectivity index (χ2v) is 5.66. The lowest BCUT2D eigenvalue weighted by atomic mass is 10.1. The van der Waals surface area contributed by atoms with Gasteiger partial charge in [0.2, 0.25) is 0 Å². The summed E-state index contributed by atoms with van der Waals surface area (Å²) in [7, 11) is 0. The van der Waals surface area contributed by atoms with Gasteiger partial charge in [0.15, 0.2) is 0 Å². The van der Waals surface area contributed by atoms with Gasteiger partial charge in [0.05, 0.1) is 17.1 Å². The topological polar surface area (TPSA) is 40.5 Å². The minimum Gasteiger partial charge on any atom is -0.481 e. The zero-order valence-corrected chi connectivity index (χ0v) is 13.3. The summed E-state index contributed by atoms with van der Waals surface area (Å²) in [6.45, 7) is 7.56. The van der Waals surface area contributed by atoms with Crippen LogP contribution in [0.15, 0.2) is 12.1 Å². The molecule has 1 rings (SSSR count). The van der Waals surface area contributed by atoms with Gasteiger partial charge in [0.25, 0.3) is 0 Å². The number of hydrogen-bond donors (Lipinski definition) is 1. The number of hydrogen-bond acceptors (Lipinski definition) is 2. The van der Waals surface area contributed by atoms with Crippen LogP contribution in [0.4, 0.5) is 5.69 Å². The minimum absolute atomic E-state index is 0.135. The molecule has 4 heteroatoms. The molecule has 0 heterocycles. The van der Waals surface area contributed by atoms with Crippen molar-refractivity contribution >= 4 is 23.3 Å². The SMILES string of the molecule is CCCCCN(CCC(=O)O)c1c(C)cc(C)cc1Cl. The molecule has 0 saturated carbocycles. The number of aryl methyl sites for hydroxylation is 2. The summed E-state index contributed by atoms with van der Waals surface area (Å²) in [4.78, 5) is 12.9. The van der Waals surface area contributed by atoms with Crippen molar-refractivity contribution in [1.82, 2.24) is 0 Å². The highest BCUT2D eigenvalue weighted by atomic mass is 35.5. The summed E-state index contributed by atoms with van der Waals surface area (Å²) >= 11 is 6.37. The van der Waals surface area contributed by atoms with Crippen LogP contribution in [0.5, 0.6) is 0 Å². The van der Waals surface area contributed by atoms with E-state index in [1.807, 2.05) is 19.9 Å². The highest BCUT2D eigenvalue weighted by Gasteiger charge is 2.14. The number of halogens is 1. The summed E-state index contributed by atoms with van der Waals surface area (Å²) in [5.41, 5.74) is 3.22. The Bertz CT molecular complexity index is 437. The molecule has 0 radical (unpaired) electrons. The lowest BCUT2D eigenvalue weighted by Crippen LogP contribution is -2.28. The molecule has 0 atom stereocenters. The van der Waals surface area contributed by atoms with Crippen LogP contribution >= 0.6 is 11.6 Å². The van der Waals surface area contributed by atoms with Gasteiger partial charge >= 0.3 is 5.97 Å². The van der Waals surface area contributed by atoms with Gasteiger partial charge in [-0.15, -0.1) is 0 Å². The zero-order valence-electron chi connectivity index (χ0n) is 12.6. The fourth-order valence-corrected chi connectivity index (χ4v) is 2.87. The summed E-state index contributed by atoms with van der Waals surface area (Å²) in [6.07, 6.45) is 3.48. The van der Waals surface area contributed by atoms with Crippen LogP contribution in [0.3, 0.4) is 0 Å². The normalized spacial score (nSPS) is 10.6. The smallest absolute Gasteiger partial charge is 0.305 e. The van der Waals surface area contributed by atoms with Crippen molar-refractivity contribution in [2.75, 3.05) is 18.0 Å². The standard InChI is InChI=1S/C16H24ClNO2/c1-4-5-6-8-18(9-7-15(19)20)16-13(3)10-12(2)11-14(16)17/h10-11H,4-9H2,1-3H3,(H,19,20). The van der Waals surface area contributed by atoms with E-state index in [-0.39, 0.29) is 6.42 Å². The molecule has 0 aromatic heterocycles. The summed E-state index contributed by atoms with van der Waals surface area (Å²) in [5, 5.41) is 9.62. The fraction of sp³-hybridized carbons (Fsp3) is 0.562. The number of benzene rings is 1. The summed E-state index contributed by atoms with van der Waals surface area (Å²) in [5.74, 6) is -0.772. The van der Waals surface area contributed by atoms with Gasteiger partial charge in [0.1, 0.15) is 0 Å². The van der Waals surface area contributed by atoms with Crippen LogP contribution in [0, 0.1) is 13.8 Å². The van der Waals surface area contributed by atoms with Crippen LogP contribution < -0.4 is 4.90 Å². The molecule has 0 spiro atoms. The maximum Gasteiger partial charge on any atom is 0.305 e. The highest BCUT2D eigenvalue weighted by molar-refractivity contribution is 6.33. The van der Waals surface area contributed by atoms with Crippen molar-refractivity contribution in [2.45, 2.75) is 46.5 Å². The van der Waals surface area contributed by atoms with E-state index in [0.717, 1.165) is 42.6 Å². The predicted molar refractivity (Wildman–Crippen MR) is 84.9 cm³/mol. The lowest BCUT2D eigenvalue weighted by Gasteiger charge is -2.27. The third-order valence-electron chi connectivity index (χ3n) is 3.34. The molecule has 0 fully saturated rings. The number of rotatable bonds is 8. The zero-order chi connectivity index (χ0) is 15.1. The second kappa shape index (κ2) is 8.15. The van der Waals surface area contributed by atoms with Gasteiger partial charge in [-0.1, -0.05) is 37.4 Å². The monoisotopic (exact) mass is 297 g/mol. The van der Waals surface area contributed by atoms with Crippen molar-refractivity contribution in [1.29, 1.82) is 0 Å². The minimum atomic E-state index is -0.772. The molecule has 0 aliphatic carbocycles. The summed E-state index contributed by atoms with van der Waals surface area (Å²) in [6, 6.07) is 4.03. The number of carboxylic acids is 1. The van der Waals surface area contributed by atoms with E-state index in [0.29, 0.717) is 11.6 Å².